The standard InChI is InChI=1S/C14H23NO4/c1-12(2,3)19-11(18)15-13(4,10(16)17)8-14-5-9(6-14)7-14/h9H,5-8H2,1-4H3,(H,15,18)(H,16,17)/t9?,13-,14?/m0/s1. The number of nitrogens with one attached hydrogen (secondary N) is 1. The number of hydrogen-bond acceptors (Lipinski definition) is 3. The average molecular weight is 269 g/mol. The second-order valence-corrected chi connectivity index (χ2v) is 7.42. The number of carboxylic acids is 1. The summed E-state index contributed by atoms with van der Waals surface area (Å²) >= 11 is 0. The first-order valence-electron chi connectivity index (χ1n) is 6.78. The first kappa shape index (κ1) is 14.2. The molecule has 3 saturated carbocycles. The molecule has 0 aromatic carbocycles. The van der Waals surface area contributed by atoms with E-state index >= 15 is 0 Å². The average Bonchev–Trinajstić information content (AvgIpc) is 2.05. The minimum atomic E-state index is -1.24. The molecule has 1 atom stereocenters. The molecule has 108 valence electrons. The summed E-state index contributed by atoms with van der Waals surface area (Å²) < 4.78 is 5.15. The summed E-state index contributed by atoms with van der Waals surface area (Å²) in [5.41, 5.74) is -1.72. The molecule has 0 unspecified atom stereocenters. The zero-order chi connectivity index (χ0) is 14.5. The van der Waals surface area contributed by atoms with Crippen molar-refractivity contribution in [2.75, 3.05) is 0 Å². The molecule has 5 heteroatoms. The van der Waals surface area contributed by atoms with Crippen molar-refractivity contribution in [1.82, 2.24) is 5.32 Å². The first-order valence-corrected chi connectivity index (χ1v) is 6.78. The topological polar surface area (TPSA) is 75.6 Å². The zero-order valence-electron chi connectivity index (χ0n) is 12.1. The summed E-state index contributed by atoms with van der Waals surface area (Å²) in [7, 11) is 0. The van der Waals surface area contributed by atoms with Crippen LogP contribution >= 0.6 is 0 Å². The molecule has 0 aromatic rings. The lowest BCUT2D eigenvalue weighted by Gasteiger charge is -2.63. The molecule has 0 heterocycles. The fourth-order valence-corrected chi connectivity index (χ4v) is 3.33. The molecule has 0 saturated heterocycles. The zero-order valence-corrected chi connectivity index (χ0v) is 12.1. The SMILES string of the molecule is CC(C)(C)OC(=O)N[C@@](C)(CC12CC(C1)C2)C(=O)O. The highest BCUT2D eigenvalue weighted by molar-refractivity contribution is 5.84. The van der Waals surface area contributed by atoms with Crippen LogP contribution in [0.3, 0.4) is 0 Å². The van der Waals surface area contributed by atoms with Gasteiger partial charge in [-0.25, -0.2) is 9.59 Å². The Labute approximate surface area is 113 Å². The van der Waals surface area contributed by atoms with Crippen molar-refractivity contribution >= 4 is 12.1 Å². The van der Waals surface area contributed by atoms with E-state index in [9.17, 15) is 14.7 Å². The van der Waals surface area contributed by atoms with E-state index < -0.39 is 23.2 Å². The van der Waals surface area contributed by atoms with Gasteiger partial charge in [0.15, 0.2) is 0 Å². The third kappa shape index (κ3) is 2.85. The van der Waals surface area contributed by atoms with Gasteiger partial charge in [0.05, 0.1) is 0 Å². The van der Waals surface area contributed by atoms with Crippen LogP contribution in [0.1, 0.15) is 53.4 Å². The molecule has 3 rings (SSSR count). The Kier molecular flexibility index (Phi) is 3.07. The minimum absolute atomic E-state index is 0.146. The number of aliphatic carboxylic acids is 1. The van der Waals surface area contributed by atoms with Gasteiger partial charge < -0.3 is 15.2 Å². The second-order valence-electron chi connectivity index (χ2n) is 7.42. The van der Waals surface area contributed by atoms with Crippen molar-refractivity contribution < 1.29 is 19.4 Å². The second kappa shape index (κ2) is 4.12. The van der Waals surface area contributed by atoms with E-state index in [4.69, 9.17) is 4.74 Å². The number of hydrogen-bond donors (Lipinski definition) is 2. The van der Waals surface area contributed by atoms with E-state index in [-0.39, 0.29) is 5.41 Å². The van der Waals surface area contributed by atoms with Crippen molar-refractivity contribution in [1.29, 1.82) is 0 Å². The Morgan fingerprint density at radius 1 is 1.26 bits per heavy atom. The van der Waals surface area contributed by atoms with Crippen molar-refractivity contribution in [3.63, 3.8) is 0 Å². The predicted octanol–water partition coefficient (Wildman–Crippen LogP) is 2.54. The molecule has 2 bridgehead atoms. The normalized spacial score (nSPS) is 31.5. The van der Waals surface area contributed by atoms with Crippen LogP contribution in [0.25, 0.3) is 0 Å². The minimum Gasteiger partial charge on any atom is -0.480 e. The monoisotopic (exact) mass is 269 g/mol. The maximum absolute atomic E-state index is 11.8. The summed E-state index contributed by atoms with van der Waals surface area (Å²) in [6.07, 6.45) is 3.14. The lowest BCUT2D eigenvalue weighted by Crippen LogP contribution is -2.62. The lowest BCUT2D eigenvalue weighted by molar-refractivity contribution is -0.158. The quantitative estimate of drug-likeness (QED) is 0.822. The van der Waals surface area contributed by atoms with Gasteiger partial charge in [-0.15, -0.1) is 0 Å². The van der Waals surface area contributed by atoms with Gasteiger partial charge in [0.25, 0.3) is 0 Å². The molecular formula is C14H23NO4. The van der Waals surface area contributed by atoms with E-state index in [1.807, 2.05) is 0 Å². The van der Waals surface area contributed by atoms with Crippen molar-refractivity contribution in [3.8, 4) is 0 Å². The molecule has 0 spiro atoms. The molecule has 0 aromatic heterocycles. The van der Waals surface area contributed by atoms with Crippen molar-refractivity contribution in [2.24, 2.45) is 11.3 Å². The van der Waals surface area contributed by atoms with Gasteiger partial charge in [-0.05, 0) is 64.7 Å². The first-order chi connectivity index (χ1) is 8.54. The summed E-state index contributed by atoms with van der Waals surface area (Å²) in [4.78, 5) is 23.3. The van der Waals surface area contributed by atoms with E-state index in [2.05, 4.69) is 5.32 Å². The van der Waals surface area contributed by atoms with Gasteiger partial charge in [-0.3, -0.25) is 0 Å². The van der Waals surface area contributed by atoms with Crippen molar-refractivity contribution in [3.05, 3.63) is 0 Å². The van der Waals surface area contributed by atoms with Gasteiger partial charge in [0, 0.05) is 0 Å². The summed E-state index contributed by atoms with van der Waals surface area (Å²) in [5, 5.41) is 11.9. The van der Waals surface area contributed by atoms with Crippen LogP contribution in [-0.4, -0.2) is 28.3 Å². The molecule has 3 aliphatic carbocycles. The number of carboxylic acid groups (broad SMARTS) is 1. The fraction of sp³-hybridized carbons (Fsp3) is 0.857. The van der Waals surface area contributed by atoms with Gasteiger partial charge in [0.1, 0.15) is 11.1 Å². The molecule has 1 amide bonds. The Hall–Kier alpha value is -1.26. The van der Waals surface area contributed by atoms with E-state index in [1.165, 1.54) is 0 Å². The molecule has 0 radical (unpaired) electrons. The highest BCUT2D eigenvalue weighted by atomic mass is 16.6. The molecule has 2 N–H and O–H groups in total. The van der Waals surface area contributed by atoms with Crippen LogP contribution in [0, 0.1) is 11.3 Å². The Bertz CT molecular complexity index is 395. The third-order valence-electron chi connectivity index (χ3n) is 4.14. The number of carbonyl (C=O) groups excluding carboxylic acids is 1. The number of amides is 1. The molecular weight excluding hydrogens is 246 g/mol. The summed E-state index contributed by atoms with van der Waals surface area (Å²) in [6.45, 7) is 6.84. The Morgan fingerprint density at radius 3 is 2.11 bits per heavy atom. The molecule has 3 fully saturated rings. The summed E-state index contributed by atoms with van der Waals surface area (Å²) in [6, 6.07) is 0. The number of carbonyl (C=O) groups is 2. The number of alkyl carbamates (subject to hydrolysis) is 1. The van der Waals surface area contributed by atoms with E-state index in [0.29, 0.717) is 6.42 Å². The molecule has 0 aliphatic heterocycles. The Balaban J connectivity index is 1.98. The molecule has 19 heavy (non-hydrogen) atoms. The molecule has 5 nitrogen and oxygen atoms in total. The summed E-state index contributed by atoms with van der Waals surface area (Å²) in [5.74, 6) is -0.206. The Morgan fingerprint density at radius 2 is 1.79 bits per heavy atom. The maximum atomic E-state index is 11.8. The lowest BCUT2D eigenvalue weighted by atomic mass is 9.42. The van der Waals surface area contributed by atoms with Crippen LogP contribution in [0.15, 0.2) is 0 Å². The predicted molar refractivity (Wildman–Crippen MR) is 69.8 cm³/mol. The largest absolute Gasteiger partial charge is 0.480 e. The van der Waals surface area contributed by atoms with Crippen LogP contribution in [0.4, 0.5) is 4.79 Å². The van der Waals surface area contributed by atoms with Crippen LogP contribution in [0.2, 0.25) is 0 Å². The van der Waals surface area contributed by atoms with E-state index in [0.717, 1.165) is 25.2 Å². The van der Waals surface area contributed by atoms with Crippen LogP contribution < -0.4 is 5.32 Å². The van der Waals surface area contributed by atoms with Gasteiger partial charge in [-0.1, -0.05) is 0 Å². The van der Waals surface area contributed by atoms with Crippen LogP contribution in [-0.2, 0) is 9.53 Å². The van der Waals surface area contributed by atoms with Crippen molar-refractivity contribution in [2.45, 2.75) is 64.5 Å². The third-order valence-corrected chi connectivity index (χ3v) is 4.14. The highest BCUT2D eigenvalue weighted by Crippen LogP contribution is 2.67. The molecule has 3 aliphatic rings. The fourth-order valence-electron chi connectivity index (χ4n) is 3.33. The number of ether oxygens (including phenoxy) is 1. The van der Waals surface area contributed by atoms with Gasteiger partial charge >= 0.3 is 12.1 Å². The van der Waals surface area contributed by atoms with Gasteiger partial charge in [-0.2, -0.15) is 0 Å². The maximum Gasteiger partial charge on any atom is 0.408 e. The number of rotatable bonds is 4. The van der Waals surface area contributed by atoms with Crippen LogP contribution in [0.5, 0.6) is 0 Å². The van der Waals surface area contributed by atoms with Gasteiger partial charge in [0.2, 0.25) is 0 Å². The highest BCUT2D eigenvalue weighted by Gasteiger charge is 2.60. The van der Waals surface area contributed by atoms with E-state index in [1.54, 1.807) is 27.7 Å². The smallest absolute Gasteiger partial charge is 0.408 e.